The van der Waals surface area contributed by atoms with Crippen LogP contribution in [0.25, 0.3) is 0 Å². The Morgan fingerprint density at radius 2 is 1.90 bits per heavy atom. The van der Waals surface area contributed by atoms with E-state index in [1.54, 1.807) is 18.2 Å². The number of rotatable bonds is 6. The monoisotopic (exact) mass is 278 g/mol. The number of hydrogen-bond donors (Lipinski definition) is 1. The first-order valence-electron chi connectivity index (χ1n) is 7.19. The highest BCUT2D eigenvalue weighted by Gasteiger charge is 2.20. The molecule has 0 saturated heterocycles. The lowest BCUT2D eigenvalue weighted by Gasteiger charge is -2.28. The number of amides is 1. The normalized spacial score (nSPS) is 10.9. The van der Waals surface area contributed by atoms with Gasteiger partial charge in [0.25, 0.3) is 5.91 Å². The van der Waals surface area contributed by atoms with Crippen molar-refractivity contribution in [2.24, 2.45) is 5.92 Å². The number of anilines is 1. The van der Waals surface area contributed by atoms with Crippen molar-refractivity contribution in [2.75, 3.05) is 18.9 Å². The van der Waals surface area contributed by atoms with E-state index < -0.39 is 0 Å². The van der Waals surface area contributed by atoms with Gasteiger partial charge in [-0.25, -0.2) is 0 Å². The molecule has 112 valence electrons. The Bertz CT molecular complexity index is 456. The molecule has 1 aromatic rings. The van der Waals surface area contributed by atoms with Gasteiger partial charge in [0.2, 0.25) is 0 Å². The first kappa shape index (κ1) is 16.3. The van der Waals surface area contributed by atoms with Crippen LogP contribution >= 0.6 is 0 Å². The maximum Gasteiger partial charge on any atom is 0.254 e. The van der Waals surface area contributed by atoms with Crippen LogP contribution in [-0.2, 0) is 0 Å². The smallest absolute Gasteiger partial charge is 0.254 e. The fraction of sp³-hybridized carbons (Fsp3) is 0.562. The Morgan fingerprint density at radius 3 is 2.40 bits per heavy atom. The van der Waals surface area contributed by atoms with Gasteiger partial charge in [-0.15, -0.1) is 0 Å². The zero-order valence-electron chi connectivity index (χ0n) is 13.1. The summed E-state index contributed by atoms with van der Waals surface area (Å²) in [4.78, 5) is 14.5. The average Bonchev–Trinajstić information content (AvgIpc) is 2.34. The van der Waals surface area contributed by atoms with E-state index in [9.17, 15) is 4.79 Å². The minimum Gasteiger partial charge on any atom is -0.494 e. The van der Waals surface area contributed by atoms with Crippen LogP contribution in [0, 0.1) is 5.92 Å². The molecule has 0 aliphatic rings. The van der Waals surface area contributed by atoms with Gasteiger partial charge >= 0.3 is 0 Å². The van der Waals surface area contributed by atoms with E-state index in [4.69, 9.17) is 10.5 Å². The Labute approximate surface area is 121 Å². The molecule has 0 fully saturated rings. The molecule has 1 rings (SSSR count). The van der Waals surface area contributed by atoms with Crippen LogP contribution in [0.2, 0.25) is 0 Å². The van der Waals surface area contributed by atoms with E-state index in [0.29, 0.717) is 29.5 Å². The zero-order valence-corrected chi connectivity index (χ0v) is 13.1. The van der Waals surface area contributed by atoms with Crippen molar-refractivity contribution in [3.8, 4) is 5.75 Å². The summed E-state index contributed by atoms with van der Waals surface area (Å²) in [5.41, 5.74) is 6.99. The maximum absolute atomic E-state index is 12.6. The van der Waals surface area contributed by atoms with E-state index >= 15 is 0 Å². The summed E-state index contributed by atoms with van der Waals surface area (Å²) in [5.74, 6) is 1.07. The third-order valence-corrected chi connectivity index (χ3v) is 2.93. The lowest BCUT2D eigenvalue weighted by atomic mass is 10.1. The summed E-state index contributed by atoms with van der Waals surface area (Å²) in [6, 6.07) is 5.36. The first-order valence-corrected chi connectivity index (χ1v) is 7.19. The second-order valence-corrected chi connectivity index (χ2v) is 5.67. The average molecular weight is 278 g/mol. The van der Waals surface area contributed by atoms with Crippen LogP contribution in [0.4, 0.5) is 5.69 Å². The molecule has 0 spiro atoms. The minimum absolute atomic E-state index is 0.00181. The van der Waals surface area contributed by atoms with Gasteiger partial charge in [0.05, 0.1) is 6.61 Å². The molecule has 2 N–H and O–H groups in total. The quantitative estimate of drug-likeness (QED) is 0.813. The third-order valence-electron chi connectivity index (χ3n) is 2.93. The maximum atomic E-state index is 12.6. The first-order chi connectivity index (χ1) is 9.35. The summed E-state index contributed by atoms with van der Waals surface area (Å²) in [5, 5.41) is 0. The molecule has 0 unspecified atom stereocenters. The van der Waals surface area contributed by atoms with Crippen LogP contribution in [0.15, 0.2) is 18.2 Å². The molecule has 0 aromatic heterocycles. The van der Waals surface area contributed by atoms with Crippen LogP contribution in [-0.4, -0.2) is 30.0 Å². The van der Waals surface area contributed by atoms with Gasteiger partial charge in [-0.05, 0) is 38.8 Å². The molecule has 0 aliphatic heterocycles. The number of benzene rings is 1. The standard InChI is InChI=1S/C16H26N2O2/c1-6-20-15-8-13(7-14(17)9-15)16(19)18(12(4)5)10-11(2)3/h7-9,11-12H,6,10,17H2,1-5H3. The van der Waals surface area contributed by atoms with Crippen LogP contribution < -0.4 is 10.5 Å². The largest absolute Gasteiger partial charge is 0.494 e. The molecular formula is C16H26N2O2. The molecule has 4 nitrogen and oxygen atoms in total. The molecule has 0 aliphatic carbocycles. The van der Waals surface area contributed by atoms with Crippen molar-refractivity contribution in [3.63, 3.8) is 0 Å². The Hall–Kier alpha value is -1.71. The van der Waals surface area contributed by atoms with Gasteiger partial charge in [0, 0.05) is 29.9 Å². The minimum atomic E-state index is 0.00181. The predicted molar refractivity (Wildman–Crippen MR) is 83.0 cm³/mol. The summed E-state index contributed by atoms with van der Waals surface area (Å²) in [6.07, 6.45) is 0. The molecule has 0 radical (unpaired) electrons. The van der Waals surface area contributed by atoms with Gasteiger partial charge in [-0.1, -0.05) is 13.8 Å². The lowest BCUT2D eigenvalue weighted by Crippen LogP contribution is -2.39. The third kappa shape index (κ3) is 4.44. The fourth-order valence-corrected chi connectivity index (χ4v) is 2.08. The molecule has 1 amide bonds. The summed E-state index contributed by atoms with van der Waals surface area (Å²) >= 11 is 0. The number of nitrogen functional groups attached to an aromatic ring is 1. The topological polar surface area (TPSA) is 55.6 Å². The Morgan fingerprint density at radius 1 is 1.25 bits per heavy atom. The molecule has 4 heteroatoms. The Balaban J connectivity index is 3.04. The second-order valence-electron chi connectivity index (χ2n) is 5.67. The van der Waals surface area contributed by atoms with Crippen LogP contribution in [0.3, 0.4) is 0 Å². The van der Waals surface area contributed by atoms with Gasteiger partial charge in [0.15, 0.2) is 0 Å². The molecule has 1 aromatic carbocycles. The van der Waals surface area contributed by atoms with Gasteiger partial charge in [0.1, 0.15) is 5.75 Å². The number of carbonyl (C=O) groups excluding carboxylic acids is 1. The summed E-state index contributed by atoms with van der Waals surface area (Å²) in [6.45, 7) is 11.4. The molecular weight excluding hydrogens is 252 g/mol. The molecule has 0 atom stereocenters. The van der Waals surface area contributed by atoms with Crippen molar-refractivity contribution in [1.29, 1.82) is 0 Å². The number of hydrogen-bond acceptors (Lipinski definition) is 3. The van der Waals surface area contributed by atoms with E-state index in [0.717, 1.165) is 6.54 Å². The highest BCUT2D eigenvalue weighted by Crippen LogP contribution is 2.21. The van der Waals surface area contributed by atoms with Crippen molar-refractivity contribution >= 4 is 11.6 Å². The molecule has 0 saturated carbocycles. The number of carbonyl (C=O) groups is 1. The number of ether oxygens (including phenoxy) is 1. The highest BCUT2D eigenvalue weighted by atomic mass is 16.5. The molecule has 20 heavy (non-hydrogen) atoms. The molecule has 0 bridgehead atoms. The van der Waals surface area contributed by atoms with Crippen molar-refractivity contribution < 1.29 is 9.53 Å². The van der Waals surface area contributed by atoms with E-state index in [2.05, 4.69) is 13.8 Å². The van der Waals surface area contributed by atoms with Gasteiger partial charge in [-0.3, -0.25) is 4.79 Å². The van der Waals surface area contributed by atoms with Gasteiger partial charge < -0.3 is 15.4 Å². The van der Waals surface area contributed by atoms with Crippen molar-refractivity contribution in [2.45, 2.75) is 40.7 Å². The molecule has 0 heterocycles. The lowest BCUT2D eigenvalue weighted by molar-refractivity contribution is 0.0681. The fourth-order valence-electron chi connectivity index (χ4n) is 2.08. The van der Waals surface area contributed by atoms with Crippen LogP contribution in [0.1, 0.15) is 45.0 Å². The van der Waals surface area contributed by atoms with E-state index in [-0.39, 0.29) is 11.9 Å². The Kier molecular flexibility index (Phi) is 5.86. The van der Waals surface area contributed by atoms with E-state index in [1.165, 1.54) is 0 Å². The zero-order chi connectivity index (χ0) is 15.3. The SMILES string of the molecule is CCOc1cc(N)cc(C(=O)N(CC(C)C)C(C)C)c1. The van der Waals surface area contributed by atoms with Crippen LogP contribution in [0.5, 0.6) is 5.75 Å². The van der Waals surface area contributed by atoms with Crippen molar-refractivity contribution in [1.82, 2.24) is 4.90 Å². The summed E-state index contributed by atoms with van der Waals surface area (Å²) < 4.78 is 5.45. The highest BCUT2D eigenvalue weighted by molar-refractivity contribution is 5.95. The van der Waals surface area contributed by atoms with Crippen molar-refractivity contribution in [3.05, 3.63) is 23.8 Å². The second kappa shape index (κ2) is 7.17. The number of nitrogens with zero attached hydrogens (tertiary/aromatic N) is 1. The van der Waals surface area contributed by atoms with E-state index in [1.807, 2.05) is 25.7 Å². The predicted octanol–water partition coefficient (Wildman–Crippen LogP) is 3.17. The number of nitrogens with two attached hydrogens (primary N) is 1. The summed E-state index contributed by atoms with van der Waals surface area (Å²) in [7, 11) is 0. The van der Waals surface area contributed by atoms with Gasteiger partial charge in [-0.2, -0.15) is 0 Å².